The van der Waals surface area contributed by atoms with Crippen LogP contribution in [0.4, 0.5) is 5.69 Å². The van der Waals surface area contributed by atoms with Crippen LogP contribution >= 0.6 is 39.1 Å². The summed E-state index contributed by atoms with van der Waals surface area (Å²) < 4.78 is 12.0. The molecule has 2 aromatic carbocycles. The Kier molecular flexibility index (Phi) is 6.88. The highest BCUT2D eigenvalue weighted by Gasteiger charge is 2.12. The van der Waals surface area contributed by atoms with Crippen LogP contribution in [0.5, 0.6) is 11.5 Å². The summed E-state index contributed by atoms with van der Waals surface area (Å²) in [6.45, 7) is 3.29. The molecule has 0 atom stereocenters. The van der Waals surface area contributed by atoms with E-state index in [0.29, 0.717) is 28.9 Å². The van der Waals surface area contributed by atoms with E-state index in [4.69, 9.17) is 32.7 Å². The molecule has 0 saturated carbocycles. The van der Waals surface area contributed by atoms with E-state index in [1.807, 2.05) is 12.1 Å². The third kappa shape index (κ3) is 4.93. The zero-order chi connectivity index (χ0) is 16.8. The van der Waals surface area contributed by atoms with Crippen LogP contribution in [0.1, 0.15) is 18.9 Å². The highest BCUT2D eigenvalue weighted by molar-refractivity contribution is 9.10. The summed E-state index contributed by atoms with van der Waals surface area (Å²) in [5.74, 6) is 1.42. The lowest BCUT2D eigenvalue weighted by Crippen LogP contribution is -2.03. The zero-order valence-corrected chi connectivity index (χ0v) is 16.1. The molecule has 0 aromatic heterocycles. The van der Waals surface area contributed by atoms with Gasteiger partial charge in [0, 0.05) is 11.6 Å². The molecule has 6 heteroatoms. The van der Waals surface area contributed by atoms with Crippen LogP contribution < -0.4 is 14.8 Å². The molecule has 0 unspecified atom stereocenters. The Labute approximate surface area is 155 Å². The molecule has 0 saturated heterocycles. The second-order valence-corrected chi connectivity index (χ2v) is 6.63. The molecule has 124 valence electrons. The number of benzene rings is 2. The first-order valence-corrected chi connectivity index (χ1v) is 8.78. The average Bonchev–Trinajstić information content (AvgIpc) is 2.54. The minimum atomic E-state index is 0.586. The Bertz CT molecular complexity index is 680. The van der Waals surface area contributed by atoms with Crippen molar-refractivity contribution in [1.29, 1.82) is 0 Å². The van der Waals surface area contributed by atoms with Gasteiger partial charge in [0.05, 0.1) is 28.9 Å². The first-order chi connectivity index (χ1) is 11.0. The molecular formula is C17H18BrCl2NO2. The molecule has 0 radical (unpaired) electrons. The van der Waals surface area contributed by atoms with Gasteiger partial charge in [0.1, 0.15) is 0 Å². The van der Waals surface area contributed by atoms with E-state index in [1.54, 1.807) is 25.3 Å². The van der Waals surface area contributed by atoms with Crippen LogP contribution in [0.25, 0.3) is 0 Å². The molecule has 0 bridgehead atoms. The maximum absolute atomic E-state index is 6.16. The Balaban J connectivity index is 2.17. The molecule has 0 heterocycles. The van der Waals surface area contributed by atoms with Gasteiger partial charge < -0.3 is 14.8 Å². The highest BCUT2D eigenvalue weighted by Crippen LogP contribution is 2.37. The van der Waals surface area contributed by atoms with Crippen molar-refractivity contribution in [3.05, 3.63) is 50.4 Å². The van der Waals surface area contributed by atoms with E-state index in [1.165, 1.54) is 0 Å². The molecule has 1 N–H and O–H groups in total. The van der Waals surface area contributed by atoms with Gasteiger partial charge in [-0.05, 0) is 58.2 Å². The van der Waals surface area contributed by atoms with Crippen molar-refractivity contribution in [1.82, 2.24) is 0 Å². The fraction of sp³-hybridized carbons (Fsp3) is 0.294. The van der Waals surface area contributed by atoms with E-state index < -0.39 is 0 Å². The summed E-state index contributed by atoms with van der Waals surface area (Å²) in [6, 6.07) is 9.27. The number of ether oxygens (including phenoxy) is 2. The smallest absolute Gasteiger partial charge is 0.175 e. The SMILES string of the molecule is CCCOc1c(Br)cc(CNc2cc(Cl)ccc2Cl)cc1OC. The topological polar surface area (TPSA) is 30.5 Å². The van der Waals surface area contributed by atoms with Crippen molar-refractivity contribution < 1.29 is 9.47 Å². The van der Waals surface area contributed by atoms with Crippen LogP contribution in [0, 0.1) is 0 Å². The zero-order valence-electron chi connectivity index (χ0n) is 13.0. The Morgan fingerprint density at radius 3 is 2.65 bits per heavy atom. The monoisotopic (exact) mass is 417 g/mol. The molecule has 0 aliphatic rings. The minimum absolute atomic E-state index is 0.586. The summed E-state index contributed by atoms with van der Waals surface area (Å²) in [7, 11) is 1.63. The molecule has 0 fully saturated rings. The molecule has 2 aromatic rings. The second-order valence-electron chi connectivity index (χ2n) is 4.94. The van der Waals surface area contributed by atoms with Crippen LogP contribution in [-0.4, -0.2) is 13.7 Å². The van der Waals surface area contributed by atoms with Crippen molar-refractivity contribution in [3.63, 3.8) is 0 Å². The number of hydrogen-bond donors (Lipinski definition) is 1. The summed E-state index contributed by atoms with van der Waals surface area (Å²) in [5.41, 5.74) is 1.83. The van der Waals surface area contributed by atoms with Gasteiger partial charge >= 0.3 is 0 Å². The predicted octanol–water partition coefficient (Wildman–Crippen LogP) is 6.17. The van der Waals surface area contributed by atoms with E-state index >= 15 is 0 Å². The molecule has 2 rings (SSSR count). The van der Waals surface area contributed by atoms with E-state index in [9.17, 15) is 0 Å². The van der Waals surface area contributed by atoms with Crippen molar-refractivity contribution in [2.75, 3.05) is 19.0 Å². The predicted molar refractivity (Wildman–Crippen MR) is 100 cm³/mol. The number of anilines is 1. The first-order valence-electron chi connectivity index (χ1n) is 7.23. The molecule has 0 aliphatic heterocycles. The summed E-state index contributed by atoms with van der Waals surface area (Å²) in [6.07, 6.45) is 0.937. The van der Waals surface area contributed by atoms with E-state index in [0.717, 1.165) is 27.9 Å². The fourth-order valence-electron chi connectivity index (χ4n) is 2.05. The van der Waals surface area contributed by atoms with Gasteiger partial charge in [-0.15, -0.1) is 0 Å². The van der Waals surface area contributed by atoms with Gasteiger partial charge in [-0.25, -0.2) is 0 Å². The number of hydrogen-bond acceptors (Lipinski definition) is 3. The van der Waals surface area contributed by atoms with Gasteiger partial charge in [0.15, 0.2) is 11.5 Å². The Hall–Kier alpha value is -1.10. The maximum Gasteiger partial charge on any atom is 0.175 e. The number of methoxy groups -OCH3 is 1. The van der Waals surface area contributed by atoms with Crippen LogP contribution in [0.15, 0.2) is 34.8 Å². The Morgan fingerprint density at radius 1 is 1.17 bits per heavy atom. The largest absolute Gasteiger partial charge is 0.493 e. The third-order valence-electron chi connectivity index (χ3n) is 3.15. The minimum Gasteiger partial charge on any atom is -0.493 e. The Morgan fingerprint density at radius 2 is 1.96 bits per heavy atom. The molecule has 0 aliphatic carbocycles. The summed E-state index contributed by atoms with van der Waals surface area (Å²) in [4.78, 5) is 0. The van der Waals surface area contributed by atoms with Crippen molar-refractivity contribution in [2.24, 2.45) is 0 Å². The molecule has 0 spiro atoms. The van der Waals surface area contributed by atoms with Gasteiger partial charge in [-0.1, -0.05) is 30.1 Å². The third-order valence-corrected chi connectivity index (χ3v) is 4.30. The fourth-order valence-corrected chi connectivity index (χ4v) is 3.01. The highest BCUT2D eigenvalue weighted by atomic mass is 79.9. The molecule has 23 heavy (non-hydrogen) atoms. The van der Waals surface area contributed by atoms with Gasteiger partial charge in [0.25, 0.3) is 0 Å². The van der Waals surface area contributed by atoms with Crippen molar-refractivity contribution in [3.8, 4) is 11.5 Å². The number of rotatable bonds is 7. The lowest BCUT2D eigenvalue weighted by Gasteiger charge is -2.15. The maximum atomic E-state index is 6.16. The van der Waals surface area contributed by atoms with Crippen LogP contribution in [0.2, 0.25) is 10.0 Å². The lowest BCUT2D eigenvalue weighted by molar-refractivity contribution is 0.292. The quantitative estimate of drug-likeness (QED) is 0.583. The lowest BCUT2D eigenvalue weighted by atomic mass is 10.2. The molecule has 3 nitrogen and oxygen atoms in total. The molecule has 0 amide bonds. The second kappa shape index (κ2) is 8.67. The van der Waals surface area contributed by atoms with Gasteiger partial charge in [0.2, 0.25) is 0 Å². The standard InChI is InChI=1S/C17H18BrCl2NO2/c1-3-6-23-17-13(18)7-11(8-16(17)22-2)10-21-15-9-12(19)4-5-14(15)20/h4-5,7-9,21H,3,6,10H2,1-2H3. The van der Waals surface area contributed by atoms with E-state index in [2.05, 4.69) is 28.2 Å². The molecular weight excluding hydrogens is 401 g/mol. The number of nitrogens with one attached hydrogen (secondary N) is 1. The normalized spacial score (nSPS) is 10.5. The summed E-state index contributed by atoms with van der Waals surface area (Å²) >= 11 is 15.7. The van der Waals surface area contributed by atoms with Gasteiger partial charge in [-0.3, -0.25) is 0 Å². The van der Waals surface area contributed by atoms with E-state index in [-0.39, 0.29) is 0 Å². The van der Waals surface area contributed by atoms with Crippen LogP contribution in [-0.2, 0) is 6.54 Å². The van der Waals surface area contributed by atoms with Crippen molar-refractivity contribution in [2.45, 2.75) is 19.9 Å². The van der Waals surface area contributed by atoms with Crippen molar-refractivity contribution >= 4 is 44.8 Å². The average molecular weight is 419 g/mol. The van der Waals surface area contributed by atoms with Gasteiger partial charge in [-0.2, -0.15) is 0 Å². The van der Waals surface area contributed by atoms with Crippen LogP contribution in [0.3, 0.4) is 0 Å². The first kappa shape index (κ1) is 18.2. The number of halogens is 3. The summed E-state index contributed by atoms with van der Waals surface area (Å²) in [5, 5.41) is 4.54.